The zero-order valence-corrected chi connectivity index (χ0v) is 7.31. The van der Waals surface area contributed by atoms with Gasteiger partial charge in [-0.05, 0) is 24.8 Å². The molecular formula is C8H9NOS. The summed E-state index contributed by atoms with van der Waals surface area (Å²) in [6, 6.07) is 3.63. The summed E-state index contributed by atoms with van der Waals surface area (Å²) in [5, 5.41) is 0.926. The van der Waals surface area contributed by atoms with Crippen LogP contribution in [0.1, 0.15) is 16.1 Å². The standard InChI is InChI=1S/C8H9NOS/c1-6-3-4-7(5-10)9-8(6)11-2/h3-5H,1-2H3. The molecule has 0 aliphatic carbocycles. The van der Waals surface area contributed by atoms with Gasteiger partial charge < -0.3 is 0 Å². The minimum atomic E-state index is 0.500. The average Bonchev–Trinajstić information content (AvgIpc) is 2.05. The number of rotatable bonds is 2. The number of nitrogens with zero attached hydrogens (tertiary/aromatic N) is 1. The van der Waals surface area contributed by atoms with E-state index in [9.17, 15) is 4.79 Å². The largest absolute Gasteiger partial charge is 0.296 e. The fourth-order valence-corrected chi connectivity index (χ4v) is 1.38. The first-order valence-electron chi connectivity index (χ1n) is 3.24. The van der Waals surface area contributed by atoms with Crippen molar-refractivity contribution >= 4 is 18.0 Å². The SMILES string of the molecule is CSc1nc(C=O)ccc1C. The molecule has 0 radical (unpaired) electrons. The Balaban J connectivity index is 3.12. The number of pyridine rings is 1. The molecule has 1 rings (SSSR count). The zero-order valence-electron chi connectivity index (χ0n) is 6.50. The highest BCUT2D eigenvalue weighted by molar-refractivity contribution is 7.98. The van der Waals surface area contributed by atoms with Gasteiger partial charge in [0.2, 0.25) is 0 Å². The van der Waals surface area contributed by atoms with E-state index < -0.39 is 0 Å². The molecule has 0 saturated heterocycles. The van der Waals surface area contributed by atoms with E-state index in [1.165, 1.54) is 0 Å². The first-order chi connectivity index (χ1) is 5.27. The van der Waals surface area contributed by atoms with E-state index in [-0.39, 0.29) is 0 Å². The van der Waals surface area contributed by atoms with Crippen LogP contribution in [-0.2, 0) is 0 Å². The Morgan fingerprint density at radius 3 is 2.82 bits per heavy atom. The highest BCUT2D eigenvalue weighted by Gasteiger charge is 1.98. The third-order valence-corrected chi connectivity index (χ3v) is 2.19. The van der Waals surface area contributed by atoms with Gasteiger partial charge >= 0.3 is 0 Å². The minimum Gasteiger partial charge on any atom is -0.296 e. The summed E-state index contributed by atoms with van der Waals surface area (Å²) in [4.78, 5) is 14.4. The number of carbonyl (C=O) groups is 1. The van der Waals surface area contributed by atoms with Gasteiger partial charge in [-0.15, -0.1) is 11.8 Å². The summed E-state index contributed by atoms with van der Waals surface area (Å²) in [7, 11) is 0. The minimum absolute atomic E-state index is 0.500. The molecule has 0 aliphatic heterocycles. The summed E-state index contributed by atoms with van der Waals surface area (Å²) < 4.78 is 0. The molecule has 1 heterocycles. The van der Waals surface area contributed by atoms with Crippen LogP contribution in [0, 0.1) is 6.92 Å². The molecule has 0 spiro atoms. The van der Waals surface area contributed by atoms with Crippen molar-refractivity contribution < 1.29 is 4.79 Å². The maximum Gasteiger partial charge on any atom is 0.168 e. The van der Waals surface area contributed by atoms with Crippen LogP contribution in [-0.4, -0.2) is 17.5 Å². The Morgan fingerprint density at radius 2 is 2.27 bits per heavy atom. The van der Waals surface area contributed by atoms with Crippen molar-refractivity contribution in [3.63, 3.8) is 0 Å². The molecule has 0 saturated carbocycles. The van der Waals surface area contributed by atoms with Gasteiger partial charge in [0.15, 0.2) is 6.29 Å². The number of aldehydes is 1. The van der Waals surface area contributed by atoms with Crippen molar-refractivity contribution in [3.8, 4) is 0 Å². The fraction of sp³-hybridized carbons (Fsp3) is 0.250. The van der Waals surface area contributed by atoms with Gasteiger partial charge in [-0.1, -0.05) is 6.07 Å². The van der Waals surface area contributed by atoms with Gasteiger partial charge in [0.25, 0.3) is 0 Å². The van der Waals surface area contributed by atoms with E-state index in [1.54, 1.807) is 17.8 Å². The van der Waals surface area contributed by atoms with Crippen LogP contribution >= 0.6 is 11.8 Å². The first kappa shape index (κ1) is 8.27. The molecule has 3 heteroatoms. The van der Waals surface area contributed by atoms with Crippen LogP contribution in [0.4, 0.5) is 0 Å². The second-order valence-corrected chi connectivity index (χ2v) is 2.98. The lowest BCUT2D eigenvalue weighted by Gasteiger charge is -1.99. The number of thioether (sulfide) groups is 1. The Hall–Kier alpha value is -0.830. The molecule has 0 aromatic carbocycles. The molecular weight excluding hydrogens is 158 g/mol. The maximum atomic E-state index is 10.3. The molecule has 1 aromatic heterocycles. The summed E-state index contributed by atoms with van der Waals surface area (Å²) in [6.07, 6.45) is 2.71. The highest BCUT2D eigenvalue weighted by atomic mass is 32.2. The average molecular weight is 167 g/mol. The summed E-state index contributed by atoms with van der Waals surface area (Å²) >= 11 is 1.55. The van der Waals surface area contributed by atoms with E-state index in [0.29, 0.717) is 5.69 Å². The number of aromatic nitrogens is 1. The summed E-state index contributed by atoms with van der Waals surface area (Å²) in [5.74, 6) is 0. The molecule has 0 aliphatic rings. The predicted octanol–water partition coefficient (Wildman–Crippen LogP) is 1.92. The van der Waals surface area contributed by atoms with Crippen LogP contribution in [0.3, 0.4) is 0 Å². The van der Waals surface area contributed by atoms with Gasteiger partial charge in [0.05, 0.1) is 5.03 Å². The van der Waals surface area contributed by atoms with E-state index in [0.717, 1.165) is 16.9 Å². The topological polar surface area (TPSA) is 30.0 Å². The van der Waals surface area contributed by atoms with E-state index in [2.05, 4.69) is 4.98 Å². The highest BCUT2D eigenvalue weighted by Crippen LogP contribution is 2.16. The monoisotopic (exact) mass is 167 g/mol. The third kappa shape index (κ3) is 1.80. The van der Waals surface area contributed by atoms with Crippen LogP contribution in [0.25, 0.3) is 0 Å². The molecule has 0 unspecified atom stereocenters. The van der Waals surface area contributed by atoms with Gasteiger partial charge in [-0.25, -0.2) is 4.98 Å². The Bertz CT molecular complexity index is 273. The lowest BCUT2D eigenvalue weighted by Crippen LogP contribution is -1.90. The molecule has 0 N–H and O–H groups in total. The van der Waals surface area contributed by atoms with Crippen molar-refractivity contribution in [1.82, 2.24) is 4.98 Å². The van der Waals surface area contributed by atoms with Crippen LogP contribution < -0.4 is 0 Å². The van der Waals surface area contributed by atoms with Crippen molar-refractivity contribution in [2.24, 2.45) is 0 Å². The van der Waals surface area contributed by atoms with E-state index in [4.69, 9.17) is 0 Å². The number of hydrogen-bond acceptors (Lipinski definition) is 3. The molecule has 1 aromatic rings. The molecule has 11 heavy (non-hydrogen) atoms. The second kappa shape index (κ2) is 3.53. The fourth-order valence-electron chi connectivity index (χ4n) is 0.797. The summed E-state index contributed by atoms with van der Waals surface area (Å²) in [6.45, 7) is 1.98. The Kier molecular flexibility index (Phi) is 2.65. The van der Waals surface area contributed by atoms with Gasteiger partial charge in [0.1, 0.15) is 5.69 Å². The van der Waals surface area contributed by atoms with Crippen LogP contribution in [0.5, 0.6) is 0 Å². The van der Waals surface area contributed by atoms with E-state index in [1.807, 2.05) is 19.2 Å². The Labute approximate surface area is 70.0 Å². The zero-order chi connectivity index (χ0) is 8.27. The molecule has 0 atom stereocenters. The molecule has 0 amide bonds. The number of carbonyl (C=O) groups excluding carboxylic acids is 1. The lowest BCUT2D eigenvalue weighted by atomic mass is 10.3. The quantitative estimate of drug-likeness (QED) is 0.498. The van der Waals surface area contributed by atoms with Crippen LogP contribution in [0.15, 0.2) is 17.2 Å². The van der Waals surface area contributed by atoms with Gasteiger partial charge in [-0.2, -0.15) is 0 Å². The van der Waals surface area contributed by atoms with Gasteiger partial charge in [0, 0.05) is 0 Å². The van der Waals surface area contributed by atoms with Crippen molar-refractivity contribution in [2.45, 2.75) is 11.9 Å². The van der Waals surface area contributed by atoms with Gasteiger partial charge in [-0.3, -0.25) is 4.79 Å². The predicted molar refractivity (Wildman–Crippen MR) is 46.1 cm³/mol. The smallest absolute Gasteiger partial charge is 0.168 e. The summed E-state index contributed by atoms with van der Waals surface area (Å²) in [5.41, 5.74) is 1.61. The number of aryl methyl sites for hydroxylation is 1. The maximum absolute atomic E-state index is 10.3. The molecule has 0 fully saturated rings. The third-order valence-electron chi connectivity index (χ3n) is 1.39. The van der Waals surface area contributed by atoms with Crippen molar-refractivity contribution in [1.29, 1.82) is 0 Å². The number of hydrogen-bond donors (Lipinski definition) is 0. The second-order valence-electron chi connectivity index (χ2n) is 2.18. The van der Waals surface area contributed by atoms with E-state index >= 15 is 0 Å². The molecule has 2 nitrogen and oxygen atoms in total. The van der Waals surface area contributed by atoms with Crippen molar-refractivity contribution in [3.05, 3.63) is 23.4 Å². The lowest BCUT2D eigenvalue weighted by molar-refractivity contribution is 0.111. The Morgan fingerprint density at radius 1 is 1.55 bits per heavy atom. The molecule has 58 valence electrons. The molecule has 0 bridgehead atoms. The first-order valence-corrected chi connectivity index (χ1v) is 4.47. The van der Waals surface area contributed by atoms with Crippen LogP contribution in [0.2, 0.25) is 0 Å². The van der Waals surface area contributed by atoms with Crippen molar-refractivity contribution in [2.75, 3.05) is 6.26 Å². The normalized spacial score (nSPS) is 9.64.